The van der Waals surface area contributed by atoms with Crippen LogP contribution in [-0.4, -0.2) is 0 Å². The van der Waals surface area contributed by atoms with E-state index in [1.54, 1.807) is 154 Å². The summed E-state index contributed by atoms with van der Waals surface area (Å²) in [6.45, 7) is 12.0. The van der Waals surface area contributed by atoms with Crippen LogP contribution in [0.15, 0.2) is 0 Å². The molecule has 19 aliphatic rings. The van der Waals surface area contributed by atoms with Crippen LogP contribution in [0.4, 0.5) is 0 Å². The monoisotopic (exact) mass is 685 g/mol. The predicted molar refractivity (Wildman–Crippen MR) is 213 cm³/mol. The highest BCUT2D eigenvalue weighted by atomic mass is 14.7. The molecule has 0 aliphatic heterocycles. The highest BCUT2D eigenvalue weighted by molar-refractivity contribution is 5.15. The van der Waals surface area contributed by atoms with E-state index in [-0.39, 0.29) is 0 Å². The van der Waals surface area contributed by atoms with Crippen molar-refractivity contribution in [2.24, 2.45) is 117 Å². The van der Waals surface area contributed by atoms with Crippen molar-refractivity contribution in [1.82, 2.24) is 0 Å². The summed E-state index contributed by atoms with van der Waals surface area (Å²) in [5.74, 6) is 21.4. The zero-order valence-electron chi connectivity index (χ0n) is 34.4. The van der Waals surface area contributed by atoms with E-state index in [1.807, 2.05) is 41.5 Å². The molecule has 0 aromatic rings. The van der Waals surface area contributed by atoms with E-state index in [0.717, 1.165) is 46.3 Å². The summed E-state index contributed by atoms with van der Waals surface area (Å²) in [4.78, 5) is 0. The molecule has 284 valence electrons. The average molecular weight is 685 g/mol. The van der Waals surface area contributed by atoms with Gasteiger partial charge >= 0.3 is 0 Å². The summed E-state index contributed by atoms with van der Waals surface area (Å²) < 4.78 is 0. The Morgan fingerprint density at radius 1 is 0.200 bits per heavy atom. The Balaban J connectivity index is 0.0000000984. The van der Waals surface area contributed by atoms with Gasteiger partial charge in [-0.15, -0.1) is 0 Å². The molecule has 0 N–H and O–H groups in total. The van der Waals surface area contributed by atoms with Gasteiger partial charge in [0.05, 0.1) is 0 Å². The summed E-state index contributed by atoms with van der Waals surface area (Å²) in [5, 5.41) is 0. The van der Waals surface area contributed by atoms with Crippen LogP contribution in [0.3, 0.4) is 0 Å². The molecular weight excluding hydrogens is 601 g/mol. The van der Waals surface area contributed by atoms with Gasteiger partial charge in [-0.3, -0.25) is 0 Å². The molecule has 0 atom stereocenters. The molecule has 0 nitrogen and oxygen atoms in total. The average Bonchev–Trinajstić information content (AvgIpc) is 3.12. The molecule has 0 spiro atoms. The molecule has 19 fully saturated rings. The van der Waals surface area contributed by atoms with Crippen molar-refractivity contribution < 1.29 is 0 Å². The van der Waals surface area contributed by atoms with Crippen molar-refractivity contribution in [3.05, 3.63) is 0 Å². The Labute approximate surface area is 312 Å². The van der Waals surface area contributed by atoms with Gasteiger partial charge in [-0.05, 0) is 271 Å². The van der Waals surface area contributed by atoms with Crippen molar-refractivity contribution in [3.63, 3.8) is 0 Å². The van der Waals surface area contributed by atoms with Gasteiger partial charge in [-0.2, -0.15) is 0 Å². The molecule has 0 unspecified atom stereocenters. The number of hydrogen-bond donors (Lipinski definition) is 0. The minimum Gasteiger partial charge on any atom is -0.0683 e. The van der Waals surface area contributed by atoms with Crippen LogP contribution in [-0.2, 0) is 0 Å². The van der Waals surface area contributed by atoms with Gasteiger partial charge < -0.3 is 0 Å². The summed E-state index contributed by atoms with van der Waals surface area (Å²) in [7, 11) is 0. The maximum absolute atomic E-state index is 2.00. The van der Waals surface area contributed by atoms with E-state index < -0.39 is 0 Å². The molecule has 0 heteroatoms. The predicted octanol–water partition coefficient (Wildman–Crippen LogP) is 14.7. The minimum atomic E-state index is 0.859. The Hall–Kier alpha value is 0. The maximum atomic E-state index is 2.00. The lowest BCUT2D eigenvalue weighted by Gasteiger charge is -2.70. The van der Waals surface area contributed by atoms with Crippen molar-refractivity contribution in [2.45, 2.75) is 196 Å². The van der Waals surface area contributed by atoms with Crippen LogP contribution in [0.25, 0.3) is 0 Å². The van der Waals surface area contributed by atoms with Crippen LogP contribution >= 0.6 is 0 Å². The van der Waals surface area contributed by atoms with Gasteiger partial charge in [0.25, 0.3) is 0 Å². The normalized spacial score (nSPS) is 58.4. The van der Waals surface area contributed by atoms with Crippen molar-refractivity contribution >= 4 is 0 Å². The summed E-state index contributed by atoms with van der Waals surface area (Å²) in [6.07, 6.45) is 39.4. The van der Waals surface area contributed by atoms with Gasteiger partial charge in [-0.1, -0.05) is 41.5 Å². The smallest absolute Gasteiger partial charge is 0.0233 e. The molecule has 0 saturated heterocycles. The molecule has 19 aliphatic carbocycles. The first-order chi connectivity index (χ1) is 24.5. The van der Waals surface area contributed by atoms with E-state index >= 15 is 0 Å². The lowest BCUT2D eigenvalue weighted by Crippen LogP contribution is -2.62. The second kappa shape index (κ2) is 13.9. The molecule has 0 aromatic carbocycles. The Kier molecular flexibility index (Phi) is 9.95. The summed E-state index contributed by atoms with van der Waals surface area (Å²) in [6, 6.07) is 0. The lowest BCUT2D eigenvalue weighted by atomic mass is 9.35. The van der Waals surface area contributed by atoms with E-state index in [1.165, 1.54) is 71.0 Å². The van der Waals surface area contributed by atoms with Gasteiger partial charge in [0.1, 0.15) is 0 Å². The Morgan fingerprint density at radius 3 is 0.520 bits per heavy atom. The zero-order chi connectivity index (χ0) is 34.4. The van der Waals surface area contributed by atoms with Crippen molar-refractivity contribution in [2.75, 3.05) is 0 Å². The Bertz CT molecular complexity index is 900. The van der Waals surface area contributed by atoms with Crippen LogP contribution in [0, 0.1) is 117 Å². The molecule has 0 aromatic heterocycles. The summed E-state index contributed by atoms with van der Waals surface area (Å²) in [5.41, 5.74) is 1.72. The van der Waals surface area contributed by atoms with Crippen LogP contribution < -0.4 is 0 Å². The topological polar surface area (TPSA) is 0 Å². The third-order valence-corrected chi connectivity index (χ3v) is 20.1. The van der Waals surface area contributed by atoms with Crippen molar-refractivity contribution in [1.29, 1.82) is 0 Å². The van der Waals surface area contributed by atoms with E-state index in [4.69, 9.17) is 0 Å². The van der Waals surface area contributed by atoms with E-state index in [9.17, 15) is 0 Å². The molecule has 0 amide bonds. The van der Waals surface area contributed by atoms with Gasteiger partial charge in [0, 0.05) is 0 Å². The van der Waals surface area contributed by atoms with Gasteiger partial charge in [-0.25, -0.2) is 0 Å². The highest BCUT2D eigenvalue weighted by Gasteiger charge is 2.65. The van der Waals surface area contributed by atoms with Crippen LogP contribution in [0.5, 0.6) is 0 Å². The third kappa shape index (κ3) is 5.82. The fourth-order valence-electron chi connectivity index (χ4n) is 20.4. The standard InChI is InChI=1S/C20H30.C14H20.C10H16.3C2H6/c1-13-2-15-3-14(1)8-19(7-13,9-15)20-10-16-4-17(11-20)6-18(5-16)12-20;1-7-2-12-10-4-8-5-11(9(1)10)13(3-7)14(12)6-8;1-7-2-9-4-8(1)5-10(3-7)6-9;3*1-2/h13-18H,1-12H2;7-14H,1-6H2;7-10H,1-6H2;3*1-2H3. The second-order valence-electron chi connectivity index (χ2n) is 22.4. The molecule has 20 bridgehead atoms. The number of rotatable bonds is 1. The van der Waals surface area contributed by atoms with Crippen LogP contribution in [0.2, 0.25) is 0 Å². The van der Waals surface area contributed by atoms with Gasteiger partial charge in [0.15, 0.2) is 0 Å². The van der Waals surface area contributed by atoms with Crippen LogP contribution in [0.1, 0.15) is 196 Å². The molecule has 19 saturated carbocycles. The first-order valence-electron chi connectivity index (χ1n) is 24.5. The molecule has 0 radical (unpaired) electrons. The molecule has 0 heterocycles. The lowest BCUT2D eigenvalue weighted by molar-refractivity contribution is -0.202. The summed E-state index contributed by atoms with van der Waals surface area (Å²) >= 11 is 0. The van der Waals surface area contributed by atoms with Crippen molar-refractivity contribution in [3.8, 4) is 0 Å². The number of hydrogen-bond acceptors (Lipinski definition) is 0. The Morgan fingerprint density at radius 2 is 0.340 bits per heavy atom. The highest BCUT2D eigenvalue weighted by Crippen LogP contribution is 2.75. The zero-order valence-corrected chi connectivity index (χ0v) is 34.4. The SMILES string of the molecule is C1C2CC3C4CC5CC(C14)C(C2)C3C5.C1C2CC3CC1CC(C14CC5CC(CC(C5)C1)C4)(C2)C3.C1C2CC3CC1CC(C2)C3.CC.CC.CC. The second-order valence-corrected chi connectivity index (χ2v) is 22.4. The molecule has 50 heavy (non-hydrogen) atoms. The first kappa shape index (κ1) is 35.7. The van der Waals surface area contributed by atoms with E-state index in [0.29, 0.717) is 0 Å². The first-order valence-corrected chi connectivity index (χ1v) is 24.5. The molecule has 19 rings (SSSR count). The largest absolute Gasteiger partial charge is 0.0683 e. The quantitative estimate of drug-likeness (QED) is 0.258. The fourth-order valence-corrected chi connectivity index (χ4v) is 20.4. The molecular formula is C50H84. The van der Waals surface area contributed by atoms with Gasteiger partial charge in [0.2, 0.25) is 0 Å². The fraction of sp³-hybridized carbons (Fsp3) is 1.00. The third-order valence-electron chi connectivity index (χ3n) is 20.1. The minimum absolute atomic E-state index is 0.859. The van der Waals surface area contributed by atoms with E-state index in [2.05, 4.69) is 0 Å². The maximum Gasteiger partial charge on any atom is -0.0233 e.